The van der Waals surface area contributed by atoms with Crippen LogP contribution < -0.4 is 5.32 Å². The number of phenols is 1. The summed E-state index contributed by atoms with van der Waals surface area (Å²) in [6.45, 7) is 0. The molecule has 0 fully saturated rings. The second-order valence-corrected chi connectivity index (χ2v) is 4.53. The molecule has 0 amide bonds. The molecule has 2 N–H and O–H groups in total. The predicted molar refractivity (Wildman–Crippen MR) is 76.1 cm³/mol. The molecule has 1 heterocycles. The quantitative estimate of drug-likeness (QED) is 0.716. The van der Waals surface area contributed by atoms with Crippen molar-refractivity contribution in [1.29, 1.82) is 0 Å². The zero-order valence-electron chi connectivity index (χ0n) is 10.2. The van der Waals surface area contributed by atoms with Crippen molar-refractivity contribution in [2.24, 2.45) is 0 Å². The average molecular weight is 288 g/mol. The third-order valence-corrected chi connectivity index (χ3v) is 2.89. The first-order chi connectivity index (χ1) is 9.70. The van der Waals surface area contributed by atoms with Crippen molar-refractivity contribution in [3.63, 3.8) is 0 Å². The van der Waals surface area contributed by atoms with Crippen LogP contribution in [0.1, 0.15) is 0 Å². The maximum atomic E-state index is 9.21. The molecule has 0 aliphatic carbocycles. The van der Waals surface area contributed by atoms with Crippen molar-refractivity contribution in [1.82, 2.24) is 10.2 Å². The average Bonchev–Trinajstić information content (AvgIpc) is 2.91. The maximum absolute atomic E-state index is 9.21. The molecule has 2 aromatic carbocycles. The molecule has 0 saturated heterocycles. The number of hydrogen-bond acceptors (Lipinski definition) is 5. The largest absolute Gasteiger partial charge is 0.508 e. The zero-order valence-corrected chi connectivity index (χ0v) is 11.0. The fraction of sp³-hybridized carbons (Fsp3) is 0. The third kappa shape index (κ3) is 2.73. The van der Waals surface area contributed by atoms with Crippen molar-refractivity contribution >= 4 is 23.3 Å². The van der Waals surface area contributed by atoms with E-state index in [2.05, 4.69) is 15.5 Å². The molecular formula is C14H10ClN3O2. The molecule has 1 aromatic heterocycles. The van der Waals surface area contributed by atoms with Crippen LogP contribution in [0.5, 0.6) is 5.75 Å². The van der Waals surface area contributed by atoms with Crippen LogP contribution in [0.15, 0.2) is 52.9 Å². The number of hydrogen-bond donors (Lipinski definition) is 2. The smallest absolute Gasteiger partial charge is 0.320 e. The fourth-order valence-electron chi connectivity index (χ4n) is 1.65. The van der Waals surface area contributed by atoms with Gasteiger partial charge in [-0.05, 0) is 48.5 Å². The molecular weight excluding hydrogens is 278 g/mol. The van der Waals surface area contributed by atoms with Gasteiger partial charge in [-0.3, -0.25) is 0 Å². The molecule has 0 radical (unpaired) electrons. The molecule has 100 valence electrons. The Labute approximate surface area is 119 Å². The van der Waals surface area contributed by atoms with Gasteiger partial charge in [0.05, 0.1) is 0 Å². The van der Waals surface area contributed by atoms with E-state index in [9.17, 15) is 5.11 Å². The van der Waals surface area contributed by atoms with Crippen molar-refractivity contribution in [3.05, 3.63) is 53.6 Å². The highest BCUT2D eigenvalue weighted by molar-refractivity contribution is 6.30. The second kappa shape index (κ2) is 5.22. The van der Waals surface area contributed by atoms with Gasteiger partial charge in [-0.25, -0.2) is 0 Å². The van der Waals surface area contributed by atoms with Crippen LogP contribution in [-0.2, 0) is 0 Å². The van der Waals surface area contributed by atoms with Gasteiger partial charge in [-0.1, -0.05) is 16.7 Å². The Morgan fingerprint density at radius 3 is 2.35 bits per heavy atom. The number of phenolic OH excluding ortho intramolecular Hbond substituents is 1. The van der Waals surface area contributed by atoms with Gasteiger partial charge in [-0.15, -0.1) is 5.10 Å². The third-order valence-electron chi connectivity index (χ3n) is 2.63. The first-order valence-electron chi connectivity index (χ1n) is 5.86. The van der Waals surface area contributed by atoms with Crippen LogP contribution in [-0.4, -0.2) is 15.3 Å². The molecule has 0 atom stereocenters. The minimum absolute atomic E-state index is 0.197. The van der Waals surface area contributed by atoms with E-state index in [-0.39, 0.29) is 11.8 Å². The lowest BCUT2D eigenvalue weighted by Gasteiger charge is -2.00. The standard InChI is InChI=1S/C14H10ClN3O2/c15-10-3-1-9(2-4-10)13-17-18-14(20-13)16-11-5-7-12(19)8-6-11/h1-8,19H,(H,16,18). The van der Waals surface area contributed by atoms with Crippen LogP contribution in [0, 0.1) is 0 Å². The highest BCUT2D eigenvalue weighted by Crippen LogP contribution is 2.24. The van der Waals surface area contributed by atoms with Gasteiger partial charge in [0.1, 0.15) is 5.75 Å². The lowest BCUT2D eigenvalue weighted by Crippen LogP contribution is -1.89. The van der Waals surface area contributed by atoms with Gasteiger partial charge >= 0.3 is 6.01 Å². The molecule has 0 bridgehead atoms. The van der Waals surface area contributed by atoms with Gasteiger partial charge in [0.15, 0.2) is 0 Å². The summed E-state index contributed by atoms with van der Waals surface area (Å²) in [6.07, 6.45) is 0. The molecule has 0 unspecified atom stereocenters. The van der Waals surface area contributed by atoms with Gasteiger partial charge in [0, 0.05) is 16.3 Å². The van der Waals surface area contributed by atoms with Crippen molar-refractivity contribution < 1.29 is 9.52 Å². The van der Waals surface area contributed by atoms with E-state index in [0.29, 0.717) is 10.9 Å². The lowest BCUT2D eigenvalue weighted by atomic mass is 10.2. The highest BCUT2D eigenvalue weighted by atomic mass is 35.5. The van der Waals surface area contributed by atoms with E-state index < -0.39 is 0 Å². The Morgan fingerprint density at radius 2 is 1.65 bits per heavy atom. The molecule has 20 heavy (non-hydrogen) atoms. The minimum atomic E-state index is 0.197. The Bertz CT molecular complexity index is 708. The Balaban J connectivity index is 1.80. The predicted octanol–water partition coefficient (Wildman–Crippen LogP) is 3.84. The summed E-state index contributed by atoms with van der Waals surface area (Å²) in [7, 11) is 0. The van der Waals surface area contributed by atoms with Crippen LogP contribution in [0.25, 0.3) is 11.5 Å². The minimum Gasteiger partial charge on any atom is -0.508 e. The summed E-state index contributed by atoms with van der Waals surface area (Å²) in [4.78, 5) is 0. The molecule has 0 spiro atoms. The lowest BCUT2D eigenvalue weighted by molar-refractivity contribution is 0.475. The number of halogens is 1. The molecule has 0 saturated carbocycles. The normalized spacial score (nSPS) is 10.4. The SMILES string of the molecule is Oc1ccc(Nc2nnc(-c3ccc(Cl)cc3)o2)cc1. The monoisotopic (exact) mass is 287 g/mol. The molecule has 3 aromatic rings. The summed E-state index contributed by atoms with van der Waals surface area (Å²) < 4.78 is 5.50. The number of rotatable bonds is 3. The fourth-order valence-corrected chi connectivity index (χ4v) is 1.78. The number of benzene rings is 2. The Hall–Kier alpha value is -2.53. The summed E-state index contributed by atoms with van der Waals surface area (Å²) in [5.74, 6) is 0.603. The van der Waals surface area contributed by atoms with E-state index in [0.717, 1.165) is 11.3 Å². The van der Waals surface area contributed by atoms with E-state index in [1.54, 1.807) is 48.5 Å². The summed E-state index contributed by atoms with van der Waals surface area (Å²) >= 11 is 5.83. The van der Waals surface area contributed by atoms with Gasteiger partial charge in [-0.2, -0.15) is 0 Å². The number of anilines is 2. The molecule has 5 nitrogen and oxygen atoms in total. The summed E-state index contributed by atoms with van der Waals surface area (Å²) in [6, 6.07) is 14.0. The molecule has 3 rings (SSSR count). The number of nitrogens with zero attached hydrogens (tertiary/aromatic N) is 2. The van der Waals surface area contributed by atoms with Gasteiger partial charge in [0.25, 0.3) is 0 Å². The van der Waals surface area contributed by atoms with Crippen LogP contribution in [0.3, 0.4) is 0 Å². The van der Waals surface area contributed by atoms with Gasteiger partial charge in [0.2, 0.25) is 5.89 Å². The van der Waals surface area contributed by atoms with Crippen LogP contribution in [0.2, 0.25) is 5.02 Å². The first kappa shape index (κ1) is 12.5. The zero-order chi connectivity index (χ0) is 13.9. The van der Waals surface area contributed by atoms with E-state index in [4.69, 9.17) is 16.0 Å². The van der Waals surface area contributed by atoms with Crippen molar-refractivity contribution in [2.45, 2.75) is 0 Å². The number of nitrogens with one attached hydrogen (secondary N) is 1. The summed E-state index contributed by atoms with van der Waals surface area (Å²) in [5.41, 5.74) is 1.54. The van der Waals surface area contributed by atoms with Crippen LogP contribution >= 0.6 is 11.6 Å². The highest BCUT2D eigenvalue weighted by Gasteiger charge is 2.08. The molecule has 0 aliphatic heterocycles. The van der Waals surface area contributed by atoms with E-state index in [1.807, 2.05) is 0 Å². The molecule has 6 heteroatoms. The Morgan fingerprint density at radius 1 is 0.950 bits per heavy atom. The second-order valence-electron chi connectivity index (χ2n) is 4.09. The van der Waals surface area contributed by atoms with Gasteiger partial charge < -0.3 is 14.8 Å². The van der Waals surface area contributed by atoms with E-state index in [1.165, 1.54) is 0 Å². The van der Waals surface area contributed by atoms with E-state index >= 15 is 0 Å². The first-order valence-corrected chi connectivity index (χ1v) is 6.24. The Kier molecular flexibility index (Phi) is 3.26. The number of aromatic hydroxyl groups is 1. The number of aromatic nitrogens is 2. The molecule has 0 aliphatic rings. The maximum Gasteiger partial charge on any atom is 0.320 e. The topological polar surface area (TPSA) is 71.2 Å². The van der Waals surface area contributed by atoms with Crippen LogP contribution in [0.4, 0.5) is 11.7 Å². The summed E-state index contributed by atoms with van der Waals surface area (Å²) in [5, 5.41) is 20.7. The van der Waals surface area contributed by atoms with Crippen molar-refractivity contribution in [3.8, 4) is 17.2 Å². The van der Waals surface area contributed by atoms with Crippen molar-refractivity contribution in [2.75, 3.05) is 5.32 Å².